The number of hydrogen-bond acceptors (Lipinski definition) is 30. The standard InChI is InChI=1S/C86H105N23O20S2/c1-6-65-82(123)105(4)66-41-94-85(101-76(66)109(65)56-15-7-8-16-56)99-60-29-21-51(35-67(60)127-5)63-45-108(104-103-63)55-26-24-54(25-27-55)106(32-34-128-33-10-9-13-49-14-11-17-58-59(49)44-107(81(58)122)57-28-30-68(110)90-40-57)86(126)129-47(2)48(3)131-130-46-64(83(124)125)98-71(113)43-93-79(120)62(37-73(116)117)97-70(112)42-92-78(119)61(36-72(114)115)96-69(111)18-12-31-88-77(118)50-19-22-52(23-20-50)89-38-53-39-91-75-74(95-53)80(121)102-84(87)100-75/h11,14,17,19-23,29,35,39,41,45,47-48,54-57,61-62,64-65,89H,6-8,10,12,15-16,18,24-28,30-34,36-38,40,42-44,46H2,1-5H3,(H,88,118)(H,90,110)(H,92,119)(H,93,120)(H,96,111)(H,97,112)(H,98,113)(H,114,115)(H,116,117)(H,124,125)(H,94,99,101)(H3,87,91,100,102,121)/t47?,48?,54-,55+,57?,61-,62-,64-,65-/m1/s1. The molecule has 3 fully saturated rings. The molecule has 7 aromatic rings. The van der Waals surface area contributed by atoms with Gasteiger partial charge in [0.2, 0.25) is 53.2 Å². The fourth-order valence-corrected chi connectivity index (χ4v) is 18.5. The topological polar surface area (TPSA) is 586 Å². The molecule has 2 saturated carbocycles. The average Bonchev–Trinajstić information content (AvgIpc) is 1.76. The summed E-state index contributed by atoms with van der Waals surface area (Å²) in [6.07, 6.45) is 9.79. The number of H-pyrrole nitrogens is 1. The van der Waals surface area contributed by atoms with Crippen molar-refractivity contribution in [1.82, 2.24) is 91.9 Å². The number of benzene rings is 3. The van der Waals surface area contributed by atoms with Crippen LogP contribution in [0.15, 0.2) is 84.0 Å². The van der Waals surface area contributed by atoms with Crippen LogP contribution >= 0.6 is 21.6 Å². The number of nitrogens with one attached hydrogen (secondary N) is 10. The maximum absolute atomic E-state index is 14.5. The molecule has 3 unspecified atom stereocenters. The van der Waals surface area contributed by atoms with Gasteiger partial charge in [-0.1, -0.05) is 70.5 Å². The van der Waals surface area contributed by atoms with Gasteiger partial charge in [0.05, 0.1) is 94.9 Å². The van der Waals surface area contributed by atoms with Gasteiger partial charge >= 0.3 is 24.0 Å². The van der Waals surface area contributed by atoms with E-state index >= 15 is 0 Å². The number of aromatic nitrogens is 9. The molecule has 1 saturated heterocycles. The zero-order chi connectivity index (χ0) is 93.5. The SMILES string of the molecule is CC[C@@H]1C(=O)N(C)c2cnc(Nc3ccc(-c4cn([C@H]5CC[C@@H](N(CCOCCC#Cc6cccc7c6CN(C6CCC(=O)NC6)C7=O)C(=O)OC(C)C(C)SSC[C@@H](NC(=O)CNC(=O)[C@@H](CC(=O)O)NC(=O)CNC(=O)[C@@H](CC(=O)O)NC(=O)CCCNC(=O)c6ccc(NCc7cnc8nc(N)[nH]c(=O)c8n7)cc6)C(=O)O)CC5)nn4)cc3OC)nc2N1C1CCCC1. The number of carboxylic acid groups (broad SMARTS) is 3. The number of aliphatic carboxylic acids is 3. The first-order chi connectivity index (χ1) is 63.0. The third-order valence-electron chi connectivity index (χ3n) is 23.0. The summed E-state index contributed by atoms with van der Waals surface area (Å²) in [7, 11) is 5.56. The van der Waals surface area contributed by atoms with Crippen LogP contribution in [0.5, 0.6) is 5.75 Å². The van der Waals surface area contributed by atoms with Crippen LogP contribution in [-0.4, -0.2) is 267 Å². The lowest BCUT2D eigenvalue weighted by molar-refractivity contribution is -0.142. The number of carboxylic acids is 3. The van der Waals surface area contributed by atoms with Crippen molar-refractivity contribution >= 4 is 145 Å². The minimum atomic E-state index is -1.86. The number of aromatic amines is 1. The van der Waals surface area contributed by atoms with E-state index < -0.39 is 120 Å². The Kier molecular flexibility index (Phi) is 33.4. The Morgan fingerprint density at radius 3 is 2.17 bits per heavy atom. The van der Waals surface area contributed by atoms with Crippen molar-refractivity contribution in [2.45, 2.75) is 196 Å². The molecule has 3 aromatic carbocycles. The van der Waals surface area contributed by atoms with Crippen LogP contribution in [0, 0.1) is 11.8 Å². The number of hydrogen-bond donors (Lipinski definition) is 14. The zero-order valence-corrected chi connectivity index (χ0v) is 74.3. The first-order valence-corrected chi connectivity index (χ1v) is 45.4. The number of nitrogens with two attached hydrogens (primary N) is 1. The minimum absolute atomic E-state index is 0.00880. The van der Waals surface area contributed by atoms with E-state index in [-0.39, 0.29) is 122 Å². The molecule has 15 N–H and O–H groups in total. The molecule has 0 radical (unpaired) electrons. The number of carbonyl (C=O) groups excluding carboxylic acids is 10. The van der Waals surface area contributed by atoms with Gasteiger partial charge in [-0.15, -0.1) is 5.10 Å². The van der Waals surface area contributed by atoms with Gasteiger partial charge < -0.3 is 103 Å². The van der Waals surface area contributed by atoms with Crippen molar-refractivity contribution < 1.29 is 91.9 Å². The van der Waals surface area contributed by atoms with E-state index in [9.17, 15) is 82.4 Å². The summed E-state index contributed by atoms with van der Waals surface area (Å²) < 4.78 is 20.0. The number of methoxy groups -OCH3 is 1. The molecule has 3 aliphatic heterocycles. The van der Waals surface area contributed by atoms with E-state index in [1.54, 1.807) is 73.2 Å². The Bertz CT molecular complexity index is 5520. The highest BCUT2D eigenvalue weighted by atomic mass is 33.1. The van der Waals surface area contributed by atoms with Crippen LogP contribution in [0.4, 0.5) is 39.6 Å². The summed E-state index contributed by atoms with van der Waals surface area (Å²) in [5.74, 6) is -2.78. The van der Waals surface area contributed by atoms with E-state index in [0.29, 0.717) is 116 Å². The molecule has 696 valence electrons. The van der Waals surface area contributed by atoms with Crippen LogP contribution in [0.2, 0.25) is 0 Å². The monoisotopic (exact) mass is 1840 g/mol. The number of nitrogens with zero attached hydrogens (tertiary/aromatic N) is 12. The number of carbonyl (C=O) groups is 13. The number of ether oxygens (including phenoxy) is 3. The van der Waals surface area contributed by atoms with Crippen LogP contribution in [0.25, 0.3) is 22.4 Å². The van der Waals surface area contributed by atoms with E-state index in [4.69, 9.17) is 24.9 Å². The highest BCUT2D eigenvalue weighted by Gasteiger charge is 2.43. The summed E-state index contributed by atoms with van der Waals surface area (Å²) in [5, 5.41) is 61.0. The molecular formula is C86H105N23O20S2. The van der Waals surface area contributed by atoms with Gasteiger partial charge in [-0.25, -0.2) is 29.2 Å². The van der Waals surface area contributed by atoms with Crippen molar-refractivity contribution in [1.29, 1.82) is 0 Å². The molecular weight excluding hydrogens is 1740 g/mol. The number of nitrogen functional groups attached to an aromatic ring is 1. The number of anilines is 6. The second kappa shape index (κ2) is 45.5. The molecule has 10 amide bonds. The van der Waals surface area contributed by atoms with Crippen molar-refractivity contribution in [2.24, 2.45) is 0 Å². The van der Waals surface area contributed by atoms with Gasteiger partial charge in [-0.2, -0.15) is 9.97 Å². The normalized spacial score (nSPS) is 17.6. The van der Waals surface area contributed by atoms with Crippen LogP contribution in [0.3, 0.4) is 0 Å². The van der Waals surface area contributed by atoms with Crippen molar-refractivity contribution in [2.75, 3.05) is 92.0 Å². The van der Waals surface area contributed by atoms with Crippen LogP contribution in [-0.2, 0) is 70.5 Å². The van der Waals surface area contributed by atoms with Gasteiger partial charge in [0, 0.05) is 104 Å². The summed E-state index contributed by atoms with van der Waals surface area (Å²) in [4.78, 5) is 212. The van der Waals surface area contributed by atoms with Gasteiger partial charge in [0.1, 0.15) is 47.4 Å². The molecule has 7 atom stereocenters. The Balaban J connectivity index is 0.591. The highest BCUT2D eigenvalue weighted by molar-refractivity contribution is 8.77. The highest BCUT2D eigenvalue weighted by Crippen LogP contribution is 2.42. The maximum atomic E-state index is 14.5. The molecule has 43 nitrogen and oxygen atoms in total. The summed E-state index contributed by atoms with van der Waals surface area (Å²) >= 11 is 0. The van der Waals surface area contributed by atoms with E-state index in [1.165, 1.54) is 29.1 Å². The Morgan fingerprint density at radius 1 is 0.779 bits per heavy atom. The van der Waals surface area contributed by atoms with Crippen molar-refractivity contribution in [3.8, 4) is 28.8 Å². The third kappa shape index (κ3) is 25.6. The fraction of sp³-hybridized carbons (Fsp3) is 0.477. The zero-order valence-electron chi connectivity index (χ0n) is 72.7. The number of rotatable bonds is 42. The van der Waals surface area contributed by atoms with Gasteiger partial charge in [0.15, 0.2) is 17.0 Å². The lowest BCUT2D eigenvalue weighted by Gasteiger charge is -2.43. The molecule has 4 aromatic heterocycles. The average molecular weight is 1850 g/mol. The second-order valence-electron chi connectivity index (χ2n) is 32.1. The summed E-state index contributed by atoms with van der Waals surface area (Å²) in [6, 6.07) is 11.6. The molecule has 12 rings (SSSR count). The third-order valence-corrected chi connectivity index (χ3v) is 26.1. The van der Waals surface area contributed by atoms with E-state index in [2.05, 4.69) is 99.8 Å². The largest absolute Gasteiger partial charge is 0.495 e. The Labute approximate surface area is 759 Å². The predicted octanol–water partition coefficient (Wildman–Crippen LogP) is 3.92. The summed E-state index contributed by atoms with van der Waals surface area (Å²) in [5.41, 5.74) is 11.2. The van der Waals surface area contributed by atoms with Gasteiger partial charge in [-0.3, -0.25) is 62.5 Å². The molecule has 0 spiro atoms. The molecule has 0 bridgehead atoms. The smallest absolute Gasteiger partial charge is 0.410 e. The van der Waals surface area contributed by atoms with Gasteiger partial charge in [-0.05, 0) is 126 Å². The molecule has 131 heavy (non-hydrogen) atoms. The van der Waals surface area contributed by atoms with Crippen LogP contribution in [0.1, 0.15) is 167 Å². The molecule has 2 aliphatic carbocycles. The Morgan fingerprint density at radius 2 is 1.49 bits per heavy atom. The van der Waals surface area contributed by atoms with E-state index in [0.717, 1.165) is 53.2 Å². The maximum Gasteiger partial charge on any atom is 0.410 e. The molecule has 5 aliphatic rings. The lowest BCUT2D eigenvalue weighted by atomic mass is 9.90. The van der Waals surface area contributed by atoms with E-state index in [1.807, 2.05) is 42.1 Å². The number of amides is 10. The minimum Gasteiger partial charge on any atom is -0.495 e. The quantitative estimate of drug-likeness (QED) is 0.0146. The lowest BCUT2D eigenvalue weighted by Crippen LogP contribution is -2.55. The first kappa shape index (κ1) is 96.3. The Hall–Kier alpha value is -13.8. The number of piperidine rings is 1. The summed E-state index contributed by atoms with van der Waals surface area (Å²) in [6.45, 7) is 5.07. The number of fused-ring (bicyclic) bond motifs is 3. The second-order valence-corrected chi connectivity index (χ2v) is 34.8. The predicted molar refractivity (Wildman–Crippen MR) is 479 cm³/mol. The fourth-order valence-electron chi connectivity index (χ4n) is 15.9. The van der Waals surface area contributed by atoms with Gasteiger partial charge in [0.25, 0.3) is 17.4 Å². The molecule has 45 heteroatoms. The van der Waals surface area contributed by atoms with Crippen LogP contribution < -0.4 is 73.7 Å². The number of likely N-dealkylation sites (N-methyl/N-ethyl adjacent to an activating group) is 1. The first-order valence-electron chi connectivity index (χ1n) is 43.0. The van der Waals surface area contributed by atoms with Crippen molar-refractivity contribution in [3.05, 3.63) is 118 Å². The van der Waals surface area contributed by atoms with Crippen molar-refractivity contribution in [3.63, 3.8) is 0 Å². The molecule has 7 heterocycles.